The summed E-state index contributed by atoms with van der Waals surface area (Å²) < 4.78 is 0. The molecule has 0 unspecified atom stereocenters. The van der Waals surface area contributed by atoms with E-state index in [0.29, 0.717) is 11.2 Å². The fraction of sp³-hybridized carbons (Fsp3) is 0.176. The lowest BCUT2D eigenvalue weighted by atomic mass is 10.2. The predicted molar refractivity (Wildman–Crippen MR) is 103 cm³/mol. The van der Waals surface area contributed by atoms with Gasteiger partial charge in [-0.3, -0.25) is 4.79 Å². The second-order valence-electron chi connectivity index (χ2n) is 5.44. The largest absolute Gasteiger partial charge is 0.309 e. The van der Waals surface area contributed by atoms with Gasteiger partial charge in [0.15, 0.2) is 0 Å². The third kappa shape index (κ3) is 2.95. The minimum Gasteiger partial charge on any atom is -0.309 e. The molecule has 0 aliphatic heterocycles. The van der Waals surface area contributed by atoms with E-state index in [1.165, 1.54) is 16.2 Å². The first-order valence-corrected chi connectivity index (χ1v) is 10.2. The summed E-state index contributed by atoms with van der Waals surface area (Å²) in [5.74, 6) is 0.684. The van der Waals surface area contributed by atoms with Gasteiger partial charge in [0.05, 0.1) is 11.4 Å². The number of nitrogens with one attached hydrogen (secondary N) is 2. The zero-order chi connectivity index (χ0) is 16.5. The van der Waals surface area contributed by atoms with E-state index in [9.17, 15) is 4.79 Å². The Morgan fingerprint density at radius 1 is 1.21 bits per heavy atom. The zero-order valence-corrected chi connectivity index (χ0v) is 15.4. The molecule has 0 fully saturated rings. The fourth-order valence-corrected chi connectivity index (χ4v) is 4.97. The molecule has 4 aromatic heterocycles. The summed E-state index contributed by atoms with van der Waals surface area (Å²) in [5, 5.41) is 10.2. The molecule has 0 radical (unpaired) electrons. The topological polar surface area (TPSA) is 57.8 Å². The van der Waals surface area contributed by atoms with Gasteiger partial charge in [0.2, 0.25) is 0 Å². The molecule has 0 saturated carbocycles. The van der Waals surface area contributed by atoms with E-state index in [2.05, 4.69) is 26.7 Å². The molecule has 4 rings (SSSR count). The molecule has 0 spiro atoms. The van der Waals surface area contributed by atoms with Crippen molar-refractivity contribution in [1.29, 1.82) is 0 Å². The first-order chi connectivity index (χ1) is 11.7. The quantitative estimate of drug-likeness (QED) is 0.536. The van der Waals surface area contributed by atoms with Crippen LogP contribution >= 0.6 is 34.0 Å². The Bertz CT molecular complexity index is 1000. The molecule has 24 heavy (non-hydrogen) atoms. The average Bonchev–Trinajstić information content (AvgIpc) is 3.31. The molecule has 0 aromatic carbocycles. The zero-order valence-electron chi connectivity index (χ0n) is 12.9. The Hall–Kier alpha value is -1.80. The maximum Gasteiger partial charge on any atom is 0.260 e. The number of thiophene rings is 3. The molecule has 122 valence electrons. The van der Waals surface area contributed by atoms with Crippen molar-refractivity contribution in [2.24, 2.45) is 0 Å². The summed E-state index contributed by atoms with van der Waals surface area (Å²) in [4.78, 5) is 23.4. The van der Waals surface area contributed by atoms with Crippen LogP contribution in [0.3, 0.4) is 0 Å². The number of H-pyrrole nitrogens is 1. The van der Waals surface area contributed by atoms with Crippen molar-refractivity contribution in [3.8, 4) is 10.4 Å². The summed E-state index contributed by atoms with van der Waals surface area (Å²) in [6, 6.07) is 8.14. The van der Waals surface area contributed by atoms with Crippen molar-refractivity contribution in [2.75, 3.05) is 0 Å². The average molecular weight is 374 g/mol. The van der Waals surface area contributed by atoms with Crippen LogP contribution in [0.4, 0.5) is 0 Å². The van der Waals surface area contributed by atoms with Crippen LogP contribution in [-0.4, -0.2) is 9.97 Å². The Balaban J connectivity index is 1.65. The molecule has 0 bridgehead atoms. The lowest BCUT2D eigenvalue weighted by Gasteiger charge is -2.12. The molecule has 4 aromatic rings. The van der Waals surface area contributed by atoms with Gasteiger partial charge in [0.1, 0.15) is 10.7 Å². The van der Waals surface area contributed by atoms with Gasteiger partial charge in [-0.05, 0) is 29.8 Å². The molecule has 7 heteroatoms. The van der Waals surface area contributed by atoms with Crippen LogP contribution in [0, 0.1) is 0 Å². The summed E-state index contributed by atoms with van der Waals surface area (Å²) in [7, 11) is 0. The number of nitrogens with zero attached hydrogens (tertiary/aromatic N) is 1. The minimum atomic E-state index is -0.0653. The van der Waals surface area contributed by atoms with E-state index in [4.69, 9.17) is 0 Å². The number of fused-ring (bicyclic) bond motifs is 1. The highest BCUT2D eigenvalue weighted by atomic mass is 32.1. The highest BCUT2D eigenvalue weighted by Crippen LogP contribution is 2.33. The Kier molecular flexibility index (Phi) is 4.32. The van der Waals surface area contributed by atoms with Crippen LogP contribution in [0.1, 0.15) is 23.7 Å². The number of rotatable bonds is 5. The van der Waals surface area contributed by atoms with Gasteiger partial charge in [-0.1, -0.05) is 12.1 Å². The fourth-order valence-electron chi connectivity index (χ4n) is 2.55. The van der Waals surface area contributed by atoms with Crippen LogP contribution in [-0.2, 0) is 6.54 Å². The van der Waals surface area contributed by atoms with Crippen LogP contribution in [0.5, 0.6) is 0 Å². The third-order valence-corrected chi connectivity index (χ3v) is 6.47. The molecule has 0 aliphatic carbocycles. The first kappa shape index (κ1) is 15.7. The van der Waals surface area contributed by atoms with Crippen molar-refractivity contribution in [2.45, 2.75) is 19.5 Å². The molecular weight excluding hydrogens is 358 g/mol. The lowest BCUT2D eigenvalue weighted by molar-refractivity contribution is 0.550. The van der Waals surface area contributed by atoms with Gasteiger partial charge in [-0.2, -0.15) is 0 Å². The first-order valence-electron chi connectivity index (χ1n) is 7.53. The molecule has 0 saturated heterocycles. The van der Waals surface area contributed by atoms with E-state index in [0.717, 1.165) is 21.8 Å². The van der Waals surface area contributed by atoms with Crippen LogP contribution in [0.2, 0.25) is 0 Å². The Labute approximate surface area is 150 Å². The molecule has 0 aliphatic rings. The summed E-state index contributed by atoms with van der Waals surface area (Å²) in [6.07, 6.45) is 0. The highest BCUT2D eigenvalue weighted by molar-refractivity contribution is 7.18. The Morgan fingerprint density at radius 2 is 2.04 bits per heavy atom. The number of aromatic amines is 1. The summed E-state index contributed by atoms with van der Waals surface area (Å²) in [6.45, 7) is 2.79. The van der Waals surface area contributed by atoms with E-state index in [1.54, 1.807) is 22.7 Å². The SMILES string of the molecule is C[C@H](NCc1cccs1)c1nc2scc(-c3cccs3)c2c(=O)[nH]1. The van der Waals surface area contributed by atoms with Crippen LogP contribution in [0.25, 0.3) is 20.7 Å². The van der Waals surface area contributed by atoms with Crippen molar-refractivity contribution >= 4 is 44.2 Å². The summed E-state index contributed by atoms with van der Waals surface area (Å²) in [5.41, 5.74) is 0.911. The van der Waals surface area contributed by atoms with Gasteiger partial charge in [-0.25, -0.2) is 4.98 Å². The van der Waals surface area contributed by atoms with E-state index in [1.807, 2.05) is 35.9 Å². The predicted octanol–water partition coefficient (Wildman–Crippen LogP) is 4.63. The standard InChI is InChI=1S/C17H15N3OS3/c1-10(18-8-11-4-2-6-22-11)15-19-16(21)14-12(9-24-17(14)20-15)13-5-3-7-23-13/h2-7,9-10,18H,8H2,1H3,(H,19,20,21)/t10-/m0/s1. The molecular formula is C17H15N3OS3. The molecule has 4 heterocycles. The molecule has 1 atom stereocenters. The lowest BCUT2D eigenvalue weighted by Crippen LogP contribution is -2.23. The van der Waals surface area contributed by atoms with Gasteiger partial charge < -0.3 is 10.3 Å². The smallest absolute Gasteiger partial charge is 0.260 e. The highest BCUT2D eigenvalue weighted by Gasteiger charge is 2.16. The van der Waals surface area contributed by atoms with E-state index < -0.39 is 0 Å². The van der Waals surface area contributed by atoms with E-state index >= 15 is 0 Å². The Morgan fingerprint density at radius 3 is 2.79 bits per heavy atom. The van der Waals surface area contributed by atoms with Crippen molar-refractivity contribution in [1.82, 2.24) is 15.3 Å². The van der Waals surface area contributed by atoms with Gasteiger partial charge in [-0.15, -0.1) is 34.0 Å². The normalized spacial score (nSPS) is 12.7. The van der Waals surface area contributed by atoms with Crippen LogP contribution < -0.4 is 10.9 Å². The third-order valence-electron chi connectivity index (χ3n) is 3.82. The second-order valence-corrected chi connectivity index (χ2v) is 8.28. The van der Waals surface area contributed by atoms with Crippen molar-refractivity contribution < 1.29 is 0 Å². The van der Waals surface area contributed by atoms with Gasteiger partial charge >= 0.3 is 0 Å². The molecule has 2 N–H and O–H groups in total. The van der Waals surface area contributed by atoms with Crippen molar-refractivity contribution in [3.63, 3.8) is 0 Å². The van der Waals surface area contributed by atoms with Crippen LogP contribution in [0.15, 0.2) is 45.2 Å². The van der Waals surface area contributed by atoms with Gasteiger partial charge in [0, 0.05) is 27.2 Å². The molecule has 4 nitrogen and oxygen atoms in total. The number of hydrogen-bond acceptors (Lipinski definition) is 6. The van der Waals surface area contributed by atoms with E-state index in [-0.39, 0.29) is 11.6 Å². The van der Waals surface area contributed by atoms with Gasteiger partial charge in [0.25, 0.3) is 5.56 Å². The minimum absolute atomic E-state index is 0.0171. The number of aromatic nitrogens is 2. The maximum absolute atomic E-state index is 12.6. The molecule has 0 amide bonds. The second kappa shape index (κ2) is 6.60. The monoisotopic (exact) mass is 373 g/mol. The number of hydrogen-bond donors (Lipinski definition) is 2. The van der Waals surface area contributed by atoms with Crippen molar-refractivity contribution in [3.05, 3.63) is 61.5 Å². The summed E-state index contributed by atoms with van der Waals surface area (Å²) >= 11 is 4.88. The maximum atomic E-state index is 12.6.